The summed E-state index contributed by atoms with van der Waals surface area (Å²) in [6.07, 6.45) is 0. The molecule has 0 unspecified atom stereocenters. The van der Waals surface area contributed by atoms with Gasteiger partial charge in [-0.25, -0.2) is 0 Å². The van der Waals surface area contributed by atoms with Crippen molar-refractivity contribution >= 4 is 0 Å². The number of hydrogen-bond donors (Lipinski definition) is 0. The van der Waals surface area contributed by atoms with E-state index >= 15 is 0 Å². The maximum atomic E-state index is 0. The van der Waals surface area contributed by atoms with Gasteiger partial charge in [-0.05, 0) is 0 Å². The van der Waals surface area contributed by atoms with Crippen LogP contribution < -0.4 is 24.8 Å². The molecule has 0 nitrogen and oxygen atoms in total. The van der Waals surface area contributed by atoms with E-state index in [9.17, 15) is 0 Å². The molecule has 4 heteroatoms. The molecule has 0 saturated carbocycles. The predicted octanol–water partition coefficient (Wildman–Crippen LogP) is -5.99. The minimum absolute atomic E-state index is 0. The largest absolute Gasteiger partial charge is 3.00 e. The van der Waals surface area contributed by atoms with Crippen molar-refractivity contribution in [2.45, 2.75) is 0 Å². The summed E-state index contributed by atoms with van der Waals surface area (Å²) in [4.78, 5) is 0. The fourth-order valence-corrected chi connectivity index (χ4v) is 0. The molecule has 0 aromatic carbocycles. The van der Waals surface area contributed by atoms with Gasteiger partial charge in [0.05, 0.1) is 0 Å². The molecule has 0 spiro atoms. The van der Waals surface area contributed by atoms with E-state index in [1.807, 2.05) is 0 Å². The van der Waals surface area contributed by atoms with Crippen molar-refractivity contribution < 1.29 is 99.4 Å². The molecule has 0 N–H and O–H groups in total. The van der Waals surface area contributed by atoms with Gasteiger partial charge in [0.2, 0.25) is 0 Å². The first-order valence-corrected chi connectivity index (χ1v) is 0. The van der Waals surface area contributed by atoms with Gasteiger partial charge in [0, 0.05) is 0 Å². The zero-order chi connectivity index (χ0) is 0. The smallest absolute Gasteiger partial charge is 1.00 e. The summed E-state index contributed by atoms with van der Waals surface area (Å²) in [5, 5.41) is 0. The second-order valence-corrected chi connectivity index (χ2v) is 0. The second-order valence-electron chi connectivity index (χ2n) is 0. The van der Waals surface area contributed by atoms with Crippen LogP contribution in [-0.4, -0.2) is 0 Å². The fourth-order valence-electron chi connectivity index (χ4n) is 0. The van der Waals surface area contributed by atoms with Gasteiger partial charge in [-0.1, -0.05) is 0 Å². The molecule has 0 aromatic rings. The number of hydrogen-bond acceptors (Lipinski definition) is 0. The molecule has 34 valence electrons. The van der Waals surface area contributed by atoms with E-state index in [2.05, 4.69) is 0 Å². The van der Waals surface area contributed by atoms with Crippen LogP contribution in [0, 0.1) is 74.6 Å². The van der Waals surface area contributed by atoms with Crippen molar-refractivity contribution in [1.82, 2.24) is 0 Å². The maximum absolute atomic E-state index is 0. The first kappa shape index (κ1) is 27.6. The summed E-state index contributed by atoms with van der Waals surface area (Å²) in [6, 6.07) is 0. The van der Waals surface area contributed by atoms with Gasteiger partial charge in [-0.3, -0.25) is 0 Å². The Bertz CT molecular complexity index is 4.00. The van der Waals surface area contributed by atoms with Crippen molar-refractivity contribution in [3.8, 4) is 0 Å². The first-order valence-electron chi connectivity index (χ1n) is 0. The Hall–Kier alpha value is 3.07. The second kappa shape index (κ2) is 16.5. The van der Waals surface area contributed by atoms with Crippen LogP contribution in [0.3, 0.4) is 0 Å². The van der Waals surface area contributed by atoms with Gasteiger partial charge in [0.25, 0.3) is 0 Å². The molecule has 0 aromatic heterocycles. The first-order chi connectivity index (χ1) is 0. The third kappa shape index (κ3) is 8.91. The molecule has 0 rings (SSSR count). The molecule has 4 heavy (non-hydrogen) atoms. The summed E-state index contributed by atoms with van der Waals surface area (Å²) in [7, 11) is 0. The Balaban J connectivity index is 0. The van der Waals surface area contributed by atoms with Crippen LogP contribution in [0.25, 0.3) is 0 Å². The van der Waals surface area contributed by atoms with E-state index < -0.39 is 0 Å². The number of rotatable bonds is 0. The van der Waals surface area contributed by atoms with Crippen LogP contribution >= 0.6 is 0 Å². The molecule has 0 amide bonds. The Morgan fingerprint density at radius 2 is 0.500 bits per heavy atom. The zero-order valence-electron chi connectivity index (χ0n) is 1.33. The topological polar surface area (TPSA) is 0 Å². The summed E-state index contributed by atoms with van der Waals surface area (Å²) in [5.74, 6) is 0. The standard InChI is InChI=1S/2ClH.2Er/h2*1H;;/q;;2*+3/p-2. The summed E-state index contributed by atoms with van der Waals surface area (Å²) < 4.78 is 0. The van der Waals surface area contributed by atoms with E-state index in [1.165, 1.54) is 0 Å². The molecule has 0 aliphatic heterocycles. The molecular weight excluding hydrogens is 405 g/mol. The predicted molar refractivity (Wildman–Crippen MR) is 0 cm³/mol. The van der Waals surface area contributed by atoms with Crippen molar-refractivity contribution in [3.05, 3.63) is 0 Å². The van der Waals surface area contributed by atoms with E-state index in [0.717, 1.165) is 0 Å². The molecule has 0 aliphatic carbocycles. The third-order valence-electron chi connectivity index (χ3n) is 0. The zero-order valence-corrected chi connectivity index (χ0v) is 6.55. The normalized spacial score (nSPS) is 0. The number of halogens is 2. The van der Waals surface area contributed by atoms with Crippen LogP contribution in [0.15, 0.2) is 0 Å². The Labute approximate surface area is 97.1 Å². The minimum Gasteiger partial charge on any atom is -1.00 e. The van der Waals surface area contributed by atoms with E-state index in [1.54, 1.807) is 0 Å². The van der Waals surface area contributed by atoms with Crippen LogP contribution in [0.2, 0.25) is 0 Å². The van der Waals surface area contributed by atoms with Crippen molar-refractivity contribution in [2.75, 3.05) is 0 Å². The molecule has 2 radical (unpaired) electrons. The van der Waals surface area contributed by atoms with E-state index in [0.29, 0.717) is 0 Å². The quantitative estimate of drug-likeness (QED) is 0.377. The van der Waals surface area contributed by atoms with Crippen LogP contribution in [0.5, 0.6) is 0 Å². The SMILES string of the molecule is [Cl-].[Cl-].[Er+3].[Er+3]. The Morgan fingerprint density at radius 3 is 0.500 bits per heavy atom. The third-order valence-corrected chi connectivity index (χ3v) is 0. The average molecular weight is 405 g/mol. The summed E-state index contributed by atoms with van der Waals surface area (Å²) >= 11 is 0. The monoisotopic (exact) mass is 402 g/mol. The fraction of sp³-hybridized carbons (Fsp3) is 0. The van der Waals surface area contributed by atoms with Crippen molar-refractivity contribution in [2.24, 2.45) is 0 Å². The molecule has 0 aliphatic rings. The average Bonchev–Trinajstić information content (AvgIpc) is 0. The van der Waals surface area contributed by atoms with Gasteiger partial charge >= 0.3 is 74.6 Å². The van der Waals surface area contributed by atoms with Crippen molar-refractivity contribution in [1.29, 1.82) is 0 Å². The van der Waals surface area contributed by atoms with Crippen LogP contribution in [-0.2, 0) is 0 Å². The molecular formula is Cl2Er2+4. The van der Waals surface area contributed by atoms with Crippen LogP contribution in [0.1, 0.15) is 0 Å². The van der Waals surface area contributed by atoms with Crippen LogP contribution in [0.4, 0.5) is 0 Å². The molecule has 0 saturated heterocycles. The molecule has 0 heterocycles. The van der Waals surface area contributed by atoms with Gasteiger partial charge in [-0.15, -0.1) is 0 Å². The van der Waals surface area contributed by atoms with E-state index in [4.69, 9.17) is 0 Å². The maximum Gasteiger partial charge on any atom is 3.00 e. The minimum atomic E-state index is 0. The molecule has 0 bridgehead atoms. The van der Waals surface area contributed by atoms with Gasteiger partial charge in [-0.2, -0.15) is 0 Å². The summed E-state index contributed by atoms with van der Waals surface area (Å²) in [6.45, 7) is 0. The van der Waals surface area contributed by atoms with Gasteiger partial charge in [0.15, 0.2) is 0 Å². The molecule has 0 fully saturated rings. The van der Waals surface area contributed by atoms with E-state index in [-0.39, 0.29) is 99.4 Å². The van der Waals surface area contributed by atoms with Gasteiger partial charge in [0.1, 0.15) is 0 Å². The summed E-state index contributed by atoms with van der Waals surface area (Å²) in [5.41, 5.74) is 0. The van der Waals surface area contributed by atoms with Crippen molar-refractivity contribution in [3.63, 3.8) is 0 Å². The Morgan fingerprint density at radius 1 is 0.500 bits per heavy atom. The molecule has 0 atom stereocenters. The Kier molecular flexibility index (Phi) is 114. The van der Waals surface area contributed by atoms with Gasteiger partial charge < -0.3 is 24.8 Å².